The molecule has 0 aliphatic heterocycles. The van der Waals surface area contributed by atoms with Gasteiger partial charge < -0.3 is 4.74 Å². The summed E-state index contributed by atoms with van der Waals surface area (Å²) >= 11 is 0. The van der Waals surface area contributed by atoms with Gasteiger partial charge >= 0.3 is 8.69 Å². The number of ether oxygens (including phenoxy) is 1. The quantitative estimate of drug-likeness (QED) is 0.446. The minimum absolute atomic E-state index is 0.305. The fourth-order valence-electron chi connectivity index (χ4n) is 0.632. The second-order valence-electron chi connectivity index (χ2n) is 1.99. The Morgan fingerprint density at radius 2 is 2.30 bits per heavy atom. The third kappa shape index (κ3) is 4.86. The van der Waals surface area contributed by atoms with Crippen molar-refractivity contribution in [2.75, 3.05) is 7.11 Å². The third-order valence-corrected chi connectivity index (χ3v) is 1.54. The van der Waals surface area contributed by atoms with Crippen LogP contribution in [0.3, 0.4) is 0 Å². The lowest BCUT2D eigenvalue weighted by atomic mass is 10.2. The molecule has 0 spiro atoms. The molecule has 10 heavy (non-hydrogen) atoms. The molecule has 0 saturated heterocycles. The Morgan fingerprint density at radius 1 is 1.60 bits per heavy atom. The predicted octanol–water partition coefficient (Wildman–Crippen LogP) is 2.37. The van der Waals surface area contributed by atoms with Crippen LogP contribution in [-0.2, 0) is 13.8 Å². The Bertz CT molecular complexity index is 87.1. The zero-order chi connectivity index (χ0) is 7.82. The van der Waals surface area contributed by atoms with E-state index in [0.29, 0.717) is 0 Å². The Hall–Kier alpha value is 0.0200. The fourth-order valence-corrected chi connectivity index (χ4v) is 0.920. The van der Waals surface area contributed by atoms with Crippen LogP contribution >= 0.6 is 8.69 Å². The van der Waals surface area contributed by atoms with Crippen molar-refractivity contribution >= 4 is 8.69 Å². The molecule has 0 bridgehead atoms. The SMILES string of the molecule is CCCCC(OC)OP=O. The number of hydrogen-bond donors (Lipinski definition) is 0. The lowest BCUT2D eigenvalue weighted by Crippen LogP contribution is -2.09. The zero-order valence-electron chi connectivity index (χ0n) is 6.37. The van der Waals surface area contributed by atoms with Crippen LogP contribution in [0.4, 0.5) is 0 Å². The maximum absolute atomic E-state index is 9.93. The van der Waals surface area contributed by atoms with E-state index in [9.17, 15) is 4.57 Å². The molecule has 0 aliphatic carbocycles. The normalized spacial score (nSPS) is 13.8. The molecule has 1 atom stereocenters. The van der Waals surface area contributed by atoms with Crippen LogP contribution in [0.15, 0.2) is 0 Å². The molecular formula is C6H13O3P. The molecular weight excluding hydrogens is 151 g/mol. The molecule has 3 nitrogen and oxygen atoms in total. The van der Waals surface area contributed by atoms with Gasteiger partial charge in [-0.15, -0.1) is 0 Å². The summed E-state index contributed by atoms with van der Waals surface area (Å²) in [5.41, 5.74) is 0. The maximum atomic E-state index is 9.93. The van der Waals surface area contributed by atoms with Crippen LogP contribution < -0.4 is 0 Å². The average molecular weight is 164 g/mol. The summed E-state index contributed by atoms with van der Waals surface area (Å²) in [6, 6.07) is 0. The molecule has 0 saturated carbocycles. The Morgan fingerprint density at radius 3 is 2.70 bits per heavy atom. The maximum Gasteiger partial charge on any atom is 0.329 e. The molecule has 0 aromatic heterocycles. The molecule has 0 amide bonds. The Kier molecular flexibility index (Phi) is 7.15. The second-order valence-corrected chi connectivity index (χ2v) is 2.35. The minimum Gasteiger partial charge on any atom is -0.355 e. The molecule has 0 aromatic rings. The van der Waals surface area contributed by atoms with Gasteiger partial charge in [-0.3, -0.25) is 4.52 Å². The van der Waals surface area contributed by atoms with E-state index < -0.39 is 0 Å². The monoisotopic (exact) mass is 164 g/mol. The van der Waals surface area contributed by atoms with Crippen molar-refractivity contribution in [3.8, 4) is 0 Å². The molecule has 0 fully saturated rings. The van der Waals surface area contributed by atoms with Gasteiger partial charge in [-0.05, 0) is 12.8 Å². The topological polar surface area (TPSA) is 35.5 Å². The first-order chi connectivity index (χ1) is 4.85. The molecule has 0 aromatic carbocycles. The Labute approximate surface area is 63.0 Å². The number of hydrogen-bond acceptors (Lipinski definition) is 3. The van der Waals surface area contributed by atoms with Crippen LogP contribution in [0.1, 0.15) is 26.2 Å². The number of methoxy groups -OCH3 is 1. The average Bonchev–Trinajstić information content (AvgIpc) is 1.98. The standard InChI is InChI=1S/C6H13O3P/c1-3-4-5-6(8-2)9-10-7/h6H,3-5H2,1-2H3. The molecule has 0 heterocycles. The highest BCUT2D eigenvalue weighted by molar-refractivity contribution is 7.17. The van der Waals surface area contributed by atoms with E-state index in [1.54, 1.807) is 7.11 Å². The van der Waals surface area contributed by atoms with Crippen molar-refractivity contribution in [1.82, 2.24) is 0 Å². The van der Waals surface area contributed by atoms with E-state index in [1.165, 1.54) is 0 Å². The fraction of sp³-hybridized carbons (Fsp3) is 1.00. The minimum atomic E-state index is -0.306. The van der Waals surface area contributed by atoms with E-state index in [1.807, 2.05) is 0 Å². The van der Waals surface area contributed by atoms with Crippen molar-refractivity contribution in [3.05, 3.63) is 0 Å². The highest BCUT2D eigenvalue weighted by atomic mass is 31.1. The smallest absolute Gasteiger partial charge is 0.329 e. The van der Waals surface area contributed by atoms with Crippen molar-refractivity contribution in [1.29, 1.82) is 0 Å². The molecule has 1 unspecified atom stereocenters. The first kappa shape index (κ1) is 10.0. The molecule has 0 radical (unpaired) electrons. The van der Waals surface area contributed by atoms with Gasteiger partial charge in [-0.1, -0.05) is 13.3 Å². The van der Waals surface area contributed by atoms with Crippen molar-refractivity contribution in [3.63, 3.8) is 0 Å². The molecule has 0 aliphatic rings. The van der Waals surface area contributed by atoms with Crippen LogP contribution in [0.2, 0.25) is 0 Å². The van der Waals surface area contributed by atoms with Crippen molar-refractivity contribution < 1.29 is 13.8 Å². The van der Waals surface area contributed by atoms with Gasteiger partial charge in [0.2, 0.25) is 0 Å². The second kappa shape index (κ2) is 7.13. The van der Waals surface area contributed by atoms with Crippen molar-refractivity contribution in [2.24, 2.45) is 0 Å². The highest BCUT2D eigenvalue weighted by Gasteiger charge is 2.05. The van der Waals surface area contributed by atoms with E-state index >= 15 is 0 Å². The summed E-state index contributed by atoms with van der Waals surface area (Å²) in [5, 5.41) is 0. The lowest BCUT2D eigenvalue weighted by Gasteiger charge is -2.09. The number of rotatable bonds is 6. The summed E-state index contributed by atoms with van der Waals surface area (Å²) in [7, 11) is 1.24. The third-order valence-electron chi connectivity index (χ3n) is 1.22. The zero-order valence-corrected chi connectivity index (χ0v) is 7.27. The van der Waals surface area contributed by atoms with E-state index in [-0.39, 0.29) is 15.0 Å². The van der Waals surface area contributed by atoms with Crippen LogP contribution in [0.25, 0.3) is 0 Å². The van der Waals surface area contributed by atoms with Crippen LogP contribution in [0, 0.1) is 0 Å². The van der Waals surface area contributed by atoms with Gasteiger partial charge in [0.05, 0.1) is 0 Å². The van der Waals surface area contributed by atoms with Crippen LogP contribution in [0.5, 0.6) is 0 Å². The van der Waals surface area contributed by atoms with Gasteiger partial charge in [-0.2, -0.15) is 0 Å². The summed E-state index contributed by atoms with van der Waals surface area (Å²) in [6.45, 7) is 2.08. The summed E-state index contributed by atoms with van der Waals surface area (Å²) in [4.78, 5) is 0. The van der Waals surface area contributed by atoms with Gasteiger partial charge in [0.15, 0.2) is 6.29 Å². The van der Waals surface area contributed by atoms with Crippen molar-refractivity contribution in [2.45, 2.75) is 32.5 Å². The number of unbranched alkanes of at least 4 members (excludes halogenated alkanes) is 1. The predicted molar refractivity (Wildman–Crippen MR) is 39.0 cm³/mol. The highest BCUT2D eigenvalue weighted by Crippen LogP contribution is 2.10. The molecule has 0 N–H and O–H groups in total. The summed E-state index contributed by atoms with van der Waals surface area (Å²) in [6.07, 6.45) is 2.63. The molecule has 0 rings (SSSR count). The van der Waals surface area contributed by atoms with Gasteiger partial charge in [-0.25, -0.2) is 4.57 Å². The van der Waals surface area contributed by atoms with Gasteiger partial charge in [0, 0.05) is 7.11 Å². The van der Waals surface area contributed by atoms with E-state index in [0.717, 1.165) is 19.3 Å². The van der Waals surface area contributed by atoms with E-state index in [4.69, 9.17) is 4.74 Å². The first-order valence-electron chi connectivity index (χ1n) is 3.36. The first-order valence-corrected chi connectivity index (χ1v) is 4.09. The summed E-state index contributed by atoms with van der Waals surface area (Å²) in [5.74, 6) is 0. The van der Waals surface area contributed by atoms with Gasteiger partial charge in [0.1, 0.15) is 0 Å². The van der Waals surface area contributed by atoms with E-state index in [2.05, 4.69) is 11.4 Å². The summed E-state index contributed by atoms with van der Waals surface area (Å²) < 4.78 is 19.5. The largest absolute Gasteiger partial charge is 0.355 e. The Balaban J connectivity index is 3.29. The molecule has 60 valence electrons. The lowest BCUT2D eigenvalue weighted by molar-refractivity contribution is -0.0514. The van der Waals surface area contributed by atoms with Crippen LogP contribution in [-0.4, -0.2) is 13.4 Å². The van der Waals surface area contributed by atoms with Gasteiger partial charge in [0.25, 0.3) is 0 Å². The molecule has 4 heteroatoms.